The lowest BCUT2D eigenvalue weighted by Crippen LogP contribution is -2.31. The third-order valence-corrected chi connectivity index (χ3v) is 5.47. The van der Waals surface area contributed by atoms with E-state index in [1.807, 2.05) is 89.5 Å². The van der Waals surface area contributed by atoms with Crippen molar-refractivity contribution in [2.45, 2.75) is 25.9 Å². The highest BCUT2D eigenvalue weighted by Crippen LogP contribution is 2.18. The third kappa shape index (κ3) is 5.03. The van der Waals surface area contributed by atoms with Gasteiger partial charge in [0.15, 0.2) is 0 Å². The molecular weight excluding hydrogens is 400 g/mol. The maximum atomic E-state index is 13.0. The van der Waals surface area contributed by atoms with Gasteiger partial charge in [0.25, 0.3) is 0 Å². The maximum absolute atomic E-state index is 13.0. The molecule has 3 aromatic carbocycles. The third-order valence-electron chi connectivity index (χ3n) is 5.47. The molecule has 0 aliphatic carbocycles. The lowest BCUT2D eigenvalue weighted by Gasteiger charge is -2.19. The van der Waals surface area contributed by atoms with E-state index in [1.54, 1.807) is 11.9 Å². The molecule has 0 saturated heterocycles. The van der Waals surface area contributed by atoms with Crippen LogP contribution in [0.25, 0.3) is 11.0 Å². The molecule has 4 aromatic rings. The summed E-state index contributed by atoms with van der Waals surface area (Å²) in [6.07, 6.45) is 1.09. The number of nitrogens with zero attached hydrogens (tertiary/aromatic N) is 3. The van der Waals surface area contributed by atoms with Gasteiger partial charge in [0, 0.05) is 19.2 Å². The van der Waals surface area contributed by atoms with Crippen LogP contribution in [-0.2, 0) is 29.1 Å². The number of carbonyl (C=O) groups is 2. The van der Waals surface area contributed by atoms with E-state index in [1.165, 1.54) is 0 Å². The van der Waals surface area contributed by atoms with Gasteiger partial charge in [-0.1, -0.05) is 60.7 Å². The first-order valence-corrected chi connectivity index (χ1v) is 10.7. The largest absolute Gasteiger partial charge is 0.349 e. The number of aromatic nitrogens is 2. The highest BCUT2D eigenvalue weighted by atomic mass is 16.2. The fourth-order valence-corrected chi connectivity index (χ4v) is 3.64. The fraction of sp³-hybridized carbons (Fsp3) is 0.192. The molecule has 0 unspecified atom stereocenters. The smallest absolute Gasteiger partial charge is 0.246 e. The Morgan fingerprint density at radius 1 is 0.906 bits per heavy atom. The summed E-state index contributed by atoms with van der Waals surface area (Å²) in [4.78, 5) is 31.7. The molecule has 0 radical (unpaired) electrons. The molecule has 0 aliphatic rings. The van der Waals surface area contributed by atoms with E-state index < -0.39 is 0 Å². The number of amides is 2. The number of fused-ring (bicyclic) bond motifs is 1. The van der Waals surface area contributed by atoms with Crippen LogP contribution in [0.5, 0.6) is 0 Å². The molecule has 0 fully saturated rings. The van der Waals surface area contributed by atoms with Gasteiger partial charge in [-0.3, -0.25) is 9.59 Å². The zero-order chi connectivity index (χ0) is 22.3. The number of hydrogen-bond donors (Lipinski definition) is 1. The van der Waals surface area contributed by atoms with Crippen LogP contribution in [0.2, 0.25) is 0 Å². The van der Waals surface area contributed by atoms with E-state index in [9.17, 15) is 9.59 Å². The summed E-state index contributed by atoms with van der Waals surface area (Å²) >= 11 is 0. The summed E-state index contributed by atoms with van der Waals surface area (Å²) in [7, 11) is 1.77. The van der Waals surface area contributed by atoms with Crippen molar-refractivity contribution < 1.29 is 9.59 Å². The van der Waals surface area contributed by atoms with Crippen LogP contribution in [0.3, 0.4) is 0 Å². The van der Waals surface area contributed by atoms with E-state index in [0.29, 0.717) is 18.7 Å². The molecule has 162 valence electrons. The number of para-hydroxylation sites is 3. The Morgan fingerprint density at radius 3 is 2.31 bits per heavy atom. The molecule has 4 rings (SSSR count). The Labute approximate surface area is 187 Å². The van der Waals surface area contributed by atoms with Crippen molar-refractivity contribution in [1.29, 1.82) is 0 Å². The SMILES string of the molecule is CN(C(=O)Cn1c(CNC(=O)CCc2ccccc2)nc2ccccc21)c1ccccc1. The molecule has 2 amide bonds. The Morgan fingerprint density at radius 2 is 1.56 bits per heavy atom. The van der Waals surface area contributed by atoms with E-state index >= 15 is 0 Å². The zero-order valence-corrected chi connectivity index (χ0v) is 18.1. The van der Waals surface area contributed by atoms with Gasteiger partial charge in [0.1, 0.15) is 12.4 Å². The molecule has 6 heteroatoms. The van der Waals surface area contributed by atoms with Crippen molar-refractivity contribution in [2.75, 3.05) is 11.9 Å². The number of rotatable bonds is 8. The van der Waals surface area contributed by atoms with Gasteiger partial charge in [-0.05, 0) is 36.2 Å². The van der Waals surface area contributed by atoms with Gasteiger partial charge in [-0.25, -0.2) is 4.98 Å². The second-order valence-corrected chi connectivity index (χ2v) is 7.65. The lowest BCUT2D eigenvalue weighted by atomic mass is 10.1. The first-order chi connectivity index (χ1) is 15.6. The number of benzene rings is 3. The molecule has 6 nitrogen and oxygen atoms in total. The predicted octanol–water partition coefficient (Wildman–Crippen LogP) is 3.95. The van der Waals surface area contributed by atoms with Crippen LogP contribution in [0.1, 0.15) is 17.8 Å². The average molecular weight is 427 g/mol. The van der Waals surface area contributed by atoms with Crippen molar-refractivity contribution in [1.82, 2.24) is 14.9 Å². The highest BCUT2D eigenvalue weighted by Gasteiger charge is 2.17. The molecule has 0 bridgehead atoms. The zero-order valence-electron chi connectivity index (χ0n) is 18.1. The summed E-state index contributed by atoms with van der Waals surface area (Å²) in [5, 5.41) is 2.96. The number of anilines is 1. The summed E-state index contributed by atoms with van der Waals surface area (Å²) in [5.41, 5.74) is 3.63. The number of likely N-dealkylation sites (N-methyl/N-ethyl adjacent to an activating group) is 1. The molecule has 0 saturated carbocycles. The quantitative estimate of drug-likeness (QED) is 0.464. The average Bonchev–Trinajstić information content (AvgIpc) is 3.19. The van der Waals surface area contributed by atoms with Crippen molar-refractivity contribution in [3.05, 3.63) is 96.3 Å². The Balaban J connectivity index is 1.46. The summed E-state index contributed by atoms with van der Waals surface area (Å²) in [5.74, 6) is 0.560. The highest BCUT2D eigenvalue weighted by molar-refractivity contribution is 5.93. The standard InChI is InChI=1S/C26H26N4O2/c1-29(21-12-6-3-7-13-21)26(32)19-30-23-15-9-8-14-22(23)28-24(30)18-27-25(31)17-16-20-10-4-2-5-11-20/h2-15H,16-19H2,1H3,(H,27,31). The van der Waals surface area contributed by atoms with Crippen LogP contribution in [-0.4, -0.2) is 28.4 Å². The van der Waals surface area contributed by atoms with Crippen molar-refractivity contribution in [3.63, 3.8) is 0 Å². The monoisotopic (exact) mass is 426 g/mol. The van der Waals surface area contributed by atoms with Crippen molar-refractivity contribution in [2.24, 2.45) is 0 Å². The van der Waals surface area contributed by atoms with Gasteiger partial charge in [0.2, 0.25) is 11.8 Å². The normalized spacial score (nSPS) is 10.8. The number of aryl methyl sites for hydroxylation is 1. The van der Waals surface area contributed by atoms with Crippen LogP contribution >= 0.6 is 0 Å². The predicted molar refractivity (Wildman–Crippen MR) is 126 cm³/mol. The molecule has 1 N–H and O–H groups in total. The van der Waals surface area contributed by atoms with Crippen molar-refractivity contribution >= 4 is 28.5 Å². The topological polar surface area (TPSA) is 67.2 Å². The molecule has 32 heavy (non-hydrogen) atoms. The number of hydrogen-bond acceptors (Lipinski definition) is 3. The van der Waals surface area contributed by atoms with Crippen LogP contribution in [0.15, 0.2) is 84.9 Å². The lowest BCUT2D eigenvalue weighted by molar-refractivity contribution is -0.121. The molecule has 1 aromatic heterocycles. The van der Waals surface area contributed by atoms with Gasteiger partial charge in [0.05, 0.1) is 17.6 Å². The minimum absolute atomic E-state index is 0.0415. The summed E-state index contributed by atoms with van der Waals surface area (Å²) in [6.45, 7) is 0.408. The number of nitrogens with one attached hydrogen (secondary N) is 1. The van der Waals surface area contributed by atoms with E-state index in [2.05, 4.69) is 10.3 Å². The molecule has 1 heterocycles. The van der Waals surface area contributed by atoms with Crippen molar-refractivity contribution in [3.8, 4) is 0 Å². The van der Waals surface area contributed by atoms with Gasteiger partial charge < -0.3 is 14.8 Å². The van der Waals surface area contributed by atoms with Gasteiger partial charge >= 0.3 is 0 Å². The molecule has 0 aliphatic heterocycles. The van der Waals surface area contributed by atoms with E-state index in [4.69, 9.17) is 0 Å². The minimum atomic E-state index is -0.0593. The van der Waals surface area contributed by atoms with Gasteiger partial charge in [-0.15, -0.1) is 0 Å². The second kappa shape index (κ2) is 9.92. The molecule has 0 spiro atoms. The van der Waals surface area contributed by atoms with Crippen LogP contribution in [0, 0.1) is 0 Å². The molecular formula is C26H26N4O2. The van der Waals surface area contributed by atoms with Gasteiger partial charge in [-0.2, -0.15) is 0 Å². The Hall–Kier alpha value is -3.93. The van der Waals surface area contributed by atoms with Crippen LogP contribution < -0.4 is 10.2 Å². The first kappa shape index (κ1) is 21.3. The first-order valence-electron chi connectivity index (χ1n) is 10.7. The van der Waals surface area contributed by atoms with E-state index in [-0.39, 0.29) is 24.9 Å². The summed E-state index contributed by atoms with van der Waals surface area (Å²) < 4.78 is 1.88. The van der Waals surface area contributed by atoms with E-state index in [0.717, 1.165) is 22.3 Å². The molecule has 0 atom stereocenters. The second-order valence-electron chi connectivity index (χ2n) is 7.65. The maximum Gasteiger partial charge on any atom is 0.246 e. The van der Waals surface area contributed by atoms with Crippen LogP contribution in [0.4, 0.5) is 5.69 Å². The Bertz CT molecular complexity index is 1200. The number of carbonyl (C=O) groups excluding carboxylic acids is 2. The Kier molecular flexibility index (Phi) is 6.60. The number of imidazole rings is 1. The fourth-order valence-electron chi connectivity index (χ4n) is 3.64. The minimum Gasteiger partial charge on any atom is -0.349 e. The summed E-state index contributed by atoms with van der Waals surface area (Å²) in [6, 6.07) is 27.2.